The molecule has 30 heavy (non-hydrogen) atoms. The van der Waals surface area contributed by atoms with Crippen LogP contribution in [0.1, 0.15) is 12.8 Å². The molecule has 0 radical (unpaired) electrons. The molecule has 0 heterocycles. The van der Waals surface area contributed by atoms with Crippen molar-refractivity contribution in [2.75, 3.05) is 26.4 Å². The van der Waals surface area contributed by atoms with E-state index in [2.05, 4.69) is 9.47 Å². The van der Waals surface area contributed by atoms with Gasteiger partial charge in [0.25, 0.3) is 0 Å². The Balaban J connectivity index is 4.16. The minimum atomic E-state index is -2.18. The van der Waals surface area contributed by atoms with E-state index in [9.17, 15) is 40.2 Å². The van der Waals surface area contributed by atoms with Gasteiger partial charge in [-0.15, -0.1) is 0 Å². The highest BCUT2D eigenvalue weighted by Gasteiger charge is 2.36. The zero-order chi connectivity index (χ0) is 23.4. The number of rotatable bonds is 15. The van der Waals surface area contributed by atoms with Crippen molar-refractivity contribution in [1.82, 2.24) is 0 Å². The molecule has 0 amide bonds. The Morgan fingerprint density at radius 1 is 0.567 bits per heavy atom. The van der Waals surface area contributed by atoms with E-state index in [0.717, 1.165) is 0 Å². The van der Waals surface area contributed by atoms with Crippen LogP contribution in [0.3, 0.4) is 0 Å². The molecule has 8 atom stereocenters. The molecule has 14 heteroatoms. The molecule has 0 aromatic heterocycles. The van der Waals surface area contributed by atoms with E-state index in [1.54, 1.807) is 0 Å². The van der Waals surface area contributed by atoms with E-state index in [1.165, 1.54) is 0 Å². The van der Waals surface area contributed by atoms with Crippen LogP contribution in [0.4, 0.5) is 0 Å². The molecule has 0 aromatic carbocycles. The molecular weight excluding hydrogens is 416 g/mol. The van der Waals surface area contributed by atoms with Crippen LogP contribution in [0.15, 0.2) is 0 Å². The highest BCUT2D eigenvalue weighted by molar-refractivity contribution is 5.75. The van der Waals surface area contributed by atoms with Crippen LogP contribution in [0.5, 0.6) is 0 Å². The van der Waals surface area contributed by atoms with Gasteiger partial charge in [-0.1, -0.05) is 0 Å². The van der Waals surface area contributed by atoms with Gasteiger partial charge in [-0.05, 0) is 12.8 Å². The van der Waals surface area contributed by atoms with Crippen molar-refractivity contribution in [2.24, 2.45) is 0 Å². The molecule has 14 nitrogen and oxygen atoms in total. The van der Waals surface area contributed by atoms with Gasteiger partial charge in [-0.25, -0.2) is 9.59 Å². The third-order valence-corrected chi connectivity index (χ3v) is 4.02. The van der Waals surface area contributed by atoms with Gasteiger partial charge in [-0.2, -0.15) is 0 Å². The smallest absolute Gasteiger partial charge is 0.337 e. The number of aliphatic hydroxyl groups excluding tert-OH is 10. The molecule has 0 rings (SSSR count). The second kappa shape index (κ2) is 14.5. The van der Waals surface area contributed by atoms with Crippen molar-refractivity contribution in [3.8, 4) is 0 Å². The molecule has 0 saturated carbocycles. The van der Waals surface area contributed by atoms with Crippen molar-refractivity contribution in [1.29, 1.82) is 0 Å². The summed E-state index contributed by atoms with van der Waals surface area (Å²) in [6.45, 7) is -2.40. The Labute approximate surface area is 171 Å². The molecule has 178 valence electrons. The highest BCUT2D eigenvalue weighted by Crippen LogP contribution is 2.08. The summed E-state index contributed by atoms with van der Waals surface area (Å²) < 4.78 is 9.27. The molecule has 0 bridgehead atoms. The first-order valence-electron chi connectivity index (χ1n) is 8.99. The van der Waals surface area contributed by atoms with Gasteiger partial charge in [0.05, 0.1) is 26.4 Å². The predicted octanol–water partition coefficient (Wildman–Crippen LogP) is -6.28. The number of carbonyl (C=O) groups excluding carboxylic acids is 2. The Bertz CT molecular complexity index is 458. The lowest BCUT2D eigenvalue weighted by Gasteiger charge is -2.24. The fourth-order valence-corrected chi connectivity index (χ4v) is 2.04. The lowest BCUT2D eigenvalue weighted by Crippen LogP contribution is -2.49. The van der Waals surface area contributed by atoms with Crippen LogP contribution in [0.2, 0.25) is 0 Å². The summed E-state index contributed by atoms with van der Waals surface area (Å²) in [5.41, 5.74) is 0. The molecular formula is C16H30O14. The zero-order valence-corrected chi connectivity index (χ0v) is 16.0. The maximum absolute atomic E-state index is 11.6. The van der Waals surface area contributed by atoms with E-state index >= 15 is 0 Å². The minimum Gasteiger partial charge on any atom is -0.464 e. The molecule has 0 aromatic rings. The lowest BCUT2D eigenvalue weighted by atomic mass is 10.0. The van der Waals surface area contributed by atoms with Gasteiger partial charge in [-0.3, -0.25) is 0 Å². The van der Waals surface area contributed by atoms with Crippen molar-refractivity contribution in [3.05, 3.63) is 0 Å². The van der Waals surface area contributed by atoms with Crippen molar-refractivity contribution in [3.63, 3.8) is 0 Å². The number of carbonyl (C=O) groups is 2. The first-order valence-corrected chi connectivity index (χ1v) is 8.99. The third-order valence-electron chi connectivity index (χ3n) is 4.02. The van der Waals surface area contributed by atoms with Crippen LogP contribution >= 0.6 is 0 Å². The van der Waals surface area contributed by atoms with E-state index < -0.39 is 74.0 Å². The van der Waals surface area contributed by atoms with E-state index in [1.807, 2.05) is 0 Å². The molecule has 0 fully saturated rings. The fourth-order valence-electron chi connectivity index (χ4n) is 2.04. The summed E-state index contributed by atoms with van der Waals surface area (Å²) in [6, 6.07) is 0. The third kappa shape index (κ3) is 9.13. The predicted molar refractivity (Wildman–Crippen MR) is 93.4 cm³/mol. The topological polar surface area (TPSA) is 255 Å². The van der Waals surface area contributed by atoms with Crippen LogP contribution in [0.25, 0.3) is 0 Å². The van der Waals surface area contributed by atoms with Gasteiger partial charge in [0.2, 0.25) is 0 Å². The quantitative estimate of drug-likeness (QED) is 0.0829. The summed E-state index contributed by atoms with van der Waals surface area (Å²) in [4.78, 5) is 23.1. The van der Waals surface area contributed by atoms with E-state index in [4.69, 9.17) is 20.4 Å². The van der Waals surface area contributed by atoms with Gasteiger partial charge in [0, 0.05) is 0 Å². The molecule has 0 saturated heterocycles. The van der Waals surface area contributed by atoms with Crippen LogP contribution in [0, 0.1) is 0 Å². The average Bonchev–Trinajstić information content (AvgIpc) is 2.76. The molecule has 0 aliphatic heterocycles. The molecule has 0 aliphatic rings. The number of esters is 2. The summed E-state index contributed by atoms with van der Waals surface area (Å²) in [6.07, 6.45) is -15.9. The van der Waals surface area contributed by atoms with E-state index in [-0.39, 0.29) is 26.1 Å². The SMILES string of the molecule is O=C(OCCCCOC(=O)[C@@H](O)[C@H](O)[C@@H](O)[C@H](O)CO)[C@@H](O)[C@H](O)[C@@H](O)[C@H](O)CO. The van der Waals surface area contributed by atoms with Crippen LogP contribution in [-0.4, -0.2) is 138 Å². The van der Waals surface area contributed by atoms with Crippen LogP contribution < -0.4 is 0 Å². The number of ether oxygens (including phenoxy) is 2. The fraction of sp³-hybridized carbons (Fsp3) is 0.875. The van der Waals surface area contributed by atoms with Crippen molar-refractivity contribution < 1.29 is 70.1 Å². The molecule has 10 N–H and O–H groups in total. The molecule has 0 unspecified atom stereocenters. The second-order valence-electron chi connectivity index (χ2n) is 6.39. The Morgan fingerprint density at radius 3 is 1.13 bits per heavy atom. The lowest BCUT2D eigenvalue weighted by molar-refractivity contribution is -0.172. The summed E-state index contributed by atoms with van der Waals surface area (Å²) in [5.74, 6) is -2.61. The monoisotopic (exact) mass is 446 g/mol. The number of unbranched alkanes of at least 4 members (excludes halogenated alkanes) is 1. The van der Waals surface area contributed by atoms with Gasteiger partial charge in [0.15, 0.2) is 12.2 Å². The van der Waals surface area contributed by atoms with Crippen molar-refractivity contribution in [2.45, 2.75) is 61.7 Å². The van der Waals surface area contributed by atoms with Gasteiger partial charge >= 0.3 is 11.9 Å². The standard InChI is InChI=1S/C16H30O14/c17-5-7(19)9(21)11(23)13(25)15(27)29-3-1-2-4-30-16(28)14(26)12(24)10(22)8(20)6-18/h7-14,17-26H,1-6H2/t7-,8-,9+,10+,11-,12-,13+,14+/m1/s1. The summed E-state index contributed by atoms with van der Waals surface area (Å²) >= 11 is 0. The van der Waals surface area contributed by atoms with Gasteiger partial charge in [0.1, 0.15) is 36.6 Å². The Morgan fingerprint density at radius 2 is 0.867 bits per heavy atom. The largest absolute Gasteiger partial charge is 0.464 e. The number of hydrogen-bond acceptors (Lipinski definition) is 14. The van der Waals surface area contributed by atoms with Crippen molar-refractivity contribution >= 4 is 11.9 Å². The summed E-state index contributed by atoms with van der Waals surface area (Å²) in [7, 11) is 0. The minimum absolute atomic E-state index is 0.105. The number of hydrogen-bond donors (Lipinski definition) is 10. The maximum Gasteiger partial charge on any atom is 0.337 e. The van der Waals surface area contributed by atoms with Crippen LogP contribution in [-0.2, 0) is 19.1 Å². The normalized spacial score (nSPS) is 19.7. The summed E-state index contributed by atoms with van der Waals surface area (Å²) in [5, 5.41) is 92.5. The molecule has 0 spiro atoms. The maximum atomic E-state index is 11.6. The first-order chi connectivity index (χ1) is 14.0. The average molecular weight is 446 g/mol. The second-order valence-corrected chi connectivity index (χ2v) is 6.39. The highest BCUT2D eigenvalue weighted by atomic mass is 16.6. The van der Waals surface area contributed by atoms with Gasteiger partial charge < -0.3 is 60.5 Å². The van der Waals surface area contributed by atoms with E-state index in [0.29, 0.717) is 0 Å². The Hall–Kier alpha value is -1.46. The molecule has 0 aliphatic carbocycles. The Kier molecular flexibility index (Phi) is 13.8. The zero-order valence-electron chi connectivity index (χ0n) is 16.0. The number of aliphatic hydroxyl groups is 10. The first kappa shape index (κ1) is 28.5.